The zero-order chi connectivity index (χ0) is 23.8. The van der Waals surface area contributed by atoms with E-state index in [1.54, 1.807) is 0 Å². The maximum Gasteiger partial charge on any atom is 0.258 e. The van der Waals surface area contributed by atoms with Crippen LogP contribution >= 0.6 is 0 Å². The smallest absolute Gasteiger partial charge is 0.258 e. The lowest BCUT2D eigenvalue weighted by Gasteiger charge is -2.39. The Morgan fingerprint density at radius 3 is 2.63 bits per heavy atom. The van der Waals surface area contributed by atoms with Crippen LogP contribution in [0.15, 0.2) is 65.4 Å². The van der Waals surface area contributed by atoms with Gasteiger partial charge in [-0.1, -0.05) is 40.6 Å². The van der Waals surface area contributed by atoms with Crippen molar-refractivity contribution in [3.8, 4) is 5.75 Å². The molecule has 1 amide bonds. The monoisotopic (exact) mass is 468 g/mol. The standard InChI is InChI=1S/C28H28N4O3/c1-18-26(31-35-30-18)17-34-27-9-5-3-7-24(27)28(33)32-22-10-11-23(32)15-19(14-22)12-20-13-21-6-2-4-8-25(21)29-16-20/h2-9,13,16,19,22-23H,10-12,14-15,17H2,1H3. The zero-order valence-corrected chi connectivity index (χ0v) is 19.8. The lowest BCUT2D eigenvalue weighted by molar-refractivity contribution is 0.0520. The fourth-order valence-corrected chi connectivity index (χ4v) is 5.78. The number of ether oxygens (including phenoxy) is 1. The van der Waals surface area contributed by atoms with Crippen molar-refractivity contribution in [1.29, 1.82) is 0 Å². The Balaban J connectivity index is 1.16. The third kappa shape index (κ3) is 4.27. The molecule has 2 aliphatic heterocycles. The second-order valence-electron chi connectivity index (χ2n) is 9.76. The molecule has 6 rings (SSSR count). The number of nitrogens with zero attached hydrogens (tertiary/aromatic N) is 4. The predicted octanol–water partition coefficient (Wildman–Crippen LogP) is 5.13. The van der Waals surface area contributed by atoms with Gasteiger partial charge in [0, 0.05) is 23.7 Å². The molecule has 178 valence electrons. The van der Waals surface area contributed by atoms with E-state index in [1.807, 2.05) is 43.5 Å². The molecule has 2 unspecified atom stereocenters. The largest absolute Gasteiger partial charge is 0.486 e. The summed E-state index contributed by atoms with van der Waals surface area (Å²) in [5.41, 5.74) is 4.25. The van der Waals surface area contributed by atoms with Crippen LogP contribution in [0.1, 0.15) is 53.0 Å². The van der Waals surface area contributed by atoms with E-state index in [0.717, 1.165) is 37.6 Å². The van der Waals surface area contributed by atoms with E-state index in [-0.39, 0.29) is 24.6 Å². The van der Waals surface area contributed by atoms with Crippen molar-refractivity contribution < 1.29 is 14.2 Å². The number of fused-ring (bicyclic) bond motifs is 3. The van der Waals surface area contributed by atoms with Gasteiger partial charge in [0.2, 0.25) is 0 Å². The van der Waals surface area contributed by atoms with Crippen LogP contribution in [0, 0.1) is 12.8 Å². The number of hydrogen-bond acceptors (Lipinski definition) is 6. The van der Waals surface area contributed by atoms with Crippen molar-refractivity contribution in [3.63, 3.8) is 0 Å². The molecule has 4 aromatic rings. The number of hydrogen-bond donors (Lipinski definition) is 0. The normalized spacial score (nSPS) is 21.4. The van der Waals surface area contributed by atoms with Crippen LogP contribution in [0.25, 0.3) is 10.9 Å². The first-order valence-corrected chi connectivity index (χ1v) is 12.3. The number of para-hydroxylation sites is 2. The van der Waals surface area contributed by atoms with Gasteiger partial charge in [0.1, 0.15) is 23.7 Å². The van der Waals surface area contributed by atoms with Gasteiger partial charge in [-0.25, -0.2) is 4.63 Å². The van der Waals surface area contributed by atoms with Crippen molar-refractivity contribution in [3.05, 3.63) is 83.3 Å². The second kappa shape index (κ2) is 9.13. The summed E-state index contributed by atoms with van der Waals surface area (Å²) < 4.78 is 10.7. The van der Waals surface area contributed by atoms with Crippen LogP contribution in [-0.4, -0.2) is 38.2 Å². The average molecular weight is 469 g/mol. The summed E-state index contributed by atoms with van der Waals surface area (Å²) in [6.45, 7) is 2.04. The number of carbonyl (C=O) groups is 1. The third-order valence-electron chi connectivity index (χ3n) is 7.46. The number of amides is 1. The summed E-state index contributed by atoms with van der Waals surface area (Å²) in [6.07, 6.45) is 7.22. The second-order valence-corrected chi connectivity index (χ2v) is 9.76. The Morgan fingerprint density at radius 1 is 1.06 bits per heavy atom. The lowest BCUT2D eigenvalue weighted by Crippen LogP contribution is -2.47. The number of carbonyl (C=O) groups excluding carboxylic acids is 1. The molecule has 2 aromatic heterocycles. The minimum absolute atomic E-state index is 0.0638. The van der Waals surface area contributed by atoms with Gasteiger partial charge in [-0.15, -0.1) is 0 Å². The first-order valence-electron chi connectivity index (χ1n) is 12.3. The highest BCUT2D eigenvalue weighted by Crippen LogP contribution is 2.41. The van der Waals surface area contributed by atoms with Gasteiger partial charge < -0.3 is 9.64 Å². The lowest BCUT2D eigenvalue weighted by atomic mass is 9.85. The molecule has 0 spiro atoms. The van der Waals surface area contributed by atoms with Gasteiger partial charge in [-0.2, -0.15) is 0 Å². The van der Waals surface area contributed by atoms with Gasteiger partial charge in [0.05, 0.1) is 11.1 Å². The van der Waals surface area contributed by atoms with Gasteiger partial charge in [-0.05, 0) is 74.8 Å². The maximum absolute atomic E-state index is 13.7. The summed E-state index contributed by atoms with van der Waals surface area (Å²) in [6, 6.07) is 18.5. The first kappa shape index (κ1) is 21.8. The van der Waals surface area contributed by atoms with Gasteiger partial charge >= 0.3 is 0 Å². The predicted molar refractivity (Wildman–Crippen MR) is 131 cm³/mol. The molecule has 0 N–H and O–H groups in total. The third-order valence-corrected chi connectivity index (χ3v) is 7.46. The van der Waals surface area contributed by atoms with E-state index in [2.05, 4.69) is 44.5 Å². The number of rotatable bonds is 6. The molecule has 0 aliphatic carbocycles. The van der Waals surface area contributed by atoms with Crippen LogP contribution in [0.4, 0.5) is 0 Å². The van der Waals surface area contributed by atoms with Crippen molar-refractivity contribution >= 4 is 16.8 Å². The highest BCUT2D eigenvalue weighted by molar-refractivity contribution is 5.97. The van der Waals surface area contributed by atoms with E-state index in [9.17, 15) is 4.79 Å². The summed E-state index contributed by atoms with van der Waals surface area (Å²) in [7, 11) is 0. The first-order chi connectivity index (χ1) is 17.2. The van der Waals surface area contributed by atoms with E-state index in [1.165, 1.54) is 10.9 Å². The number of aryl methyl sites for hydroxylation is 1. The molecule has 7 nitrogen and oxygen atoms in total. The van der Waals surface area contributed by atoms with Crippen LogP contribution in [0.3, 0.4) is 0 Å². The molecule has 2 aliphatic rings. The van der Waals surface area contributed by atoms with Crippen molar-refractivity contribution in [2.75, 3.05) is 0 Å². The molecular weight excluding hydrogens is 440 g/mol. The summed E-state index contributed by atoms with van der Waals surface area (Å²) in [5, 5.41) is 8.86. The highest BCUT2D eigenvalue weighted by Gasteiger charge is 2.43. The molecule has 0 saturated carbocycles. The molecular formula is C28H28N4O3. The summed E-state index contributed by atoms with van der Waals surface area (Å²) in [5.74, 6) is 1.20. The van der Waals surface area contributed by atoms with Crippen LogP contribution in [0.5, 0.6) is 5.75 Å². The Bertz CT molecular complexity index is 1350. The molecule has 2 bridgehead atoms. The Morgan fingerprint density at radius 2 is 1.83 bits per heavy atom. The number of piperidine rings is 1. The topological polar surface area (TPSA) is 81.3 Å². The van der Waals surface area contributed by atoms with E-state index in [4.69, 9.17) is 9.37 Å². The molecule has 7 heteroatoms. The molecule has 2 atom stereocenters. The molecule has 4 heterocycles. The maximum atomic E-state index is 13.7. The number of benzene rings is 2. The molecule has 2 saturated heterocycles. The molecule has 2 fully saturated rings. The molecule has 35 heavy (non-hydrogen) atoms. The van der Waals surface area contributed by atoms with Gasteiger partial charge in [0.15, 0.2) is 0 Å². The van der Waals surface area contributed by atoms with Crippen molar-refractivity contribution in [1.82, 2.24) is 20.2 Å². The Hall–Kier alpha value is -3.74. The summed E-state index contributed by atoms with van der Waals surface area (Å²) >= 11 is 0. The highest BCUT2D eigenvalue weighted by atomic mass is 16.6. The summed E-state index contributed by atoms with van der Waals surface area (Å²) in [4.78, 5) is 20.5. The SMILES string of the molecule is Cc1nonc1COc1ccccc1C(=O)N1C2CCC1CC(Cc1cnc3ccccc3c1)C2. The average Bonchev–Trinajstić information content (AvgIpc) is 3.41. The van der Waals surface area contributed by atoms with Crippen LogP contribution < -0.4 is 4.74 Å². The van der Waals surface area contributed by atoms with Crippen LogP contribution in [0.2, 0.25) is 0 Å². The van der Waals surface area contributed by atoms with Crippen molar-refractivity contribution in [2.24, 2.45) is 5.92 Å². The fraction of sp³-hybridized carbons (Fsp3) is 0.357. The quantitative estimate of drug-likeness (QED) is 0.390. The number of pyridine rings is 1. The van der Waals surface area contributed by atoms with E-state index >= 15 is 0 Å². The molecule has 2 aromatic carbocycles. The Labute approximate surface area is 204 Å². The minimum Gasteiger partial charge on any atom is -0.486 e. The Kier molecular flexibility index (Phi) is 5.68. The molecule has 0 radical (unpaired) electrons. The van der Waals surface area contributed by atoms with Gasteiger partial charge in [0.25, 0.3) is 5.91 Å². The van der Waals surface area contributed by atoms with Crippen molar-refractivity contribution in [2.45, 2.75) is 57.7 Å². The van der Waals surface area contributed by atoms with Gasteiger partial charge in [-0.3, -0.25) is 9.78 Å². The number of aromatic nitrogens is 3. The van der Waals surface area contributed by atoms with E-state index < -0.39 is 0 Å². The van der Waals surface area contributed by atoms with Crippen LogP contribution in [-0.2, 0) is 13.0 Å². The van der Waals surface area contributed by atoms with E-state index in [0.29, 0.717) is 28.6 Å². The minimum atomic E-state index is 0.0638. The zero-order valence-electron chi connectivity index (χ0n) is 19.8. The fourth-order valence-electron chi connectivity index (χ4n) is 5.78.